The molecule has 0 aliphatic rings. The first-order valence-corrected chi connectivity index (χ1v) is 5.10. The minimum Gasteiger partial charge on any atom is -0.310 e. The van der Waals surface area contributed by atoms with E-state index in [1.165, 1.54) is 0 Å². The molecule has 0 amide bonds. The van der Waals surface area contributed by atoms with Crippen LogP contribution in [0.5, 0.6) is 0 Å². The maximum Gasteiger partial charge on any atom is 0.0643 e. The summed E-state index contributed by atoms with van der Waals surface area (Å²) in [5.41, 5.74) is 1.98. The summed E-state index contributed by atoms with van der Waals surface area (Å²) in [6.07, 6.45) is 0. The van der Waals surface area contributed by atoms with E-state index in [2.05, 4.69) is 11.9 Å². The fourth-order valence-corrected chi connectivity index (χ4v) is 1.83. The Hall–Kier alpha value is -0.500. The van der Waals surface area contributed by atoms with E-state index in [1.807, 2.05) is 26.1 Å². The Morgan fingerprint density at radius 3 is 2.57 bits per heavy atom. The van der Waals surface area contributed by atoms with Gasteiger partial charge in [-0.1, -0.05) is 47.5 Å². The van der Waals surface area contributed by atoms with Gasteiger partial charge >= 0.3 is 0 Å². The predicted octanol–water partition coefficient (Wildman–Crippen LogP) is 3.83. The predicted molar refractivity (Wildman–Crippen MR) is 63.1 cm³/mol. The zero-order valence-corrected chi connectivity index (χ0v) is 9.78. The molecule has 1 N–H and O–H groups in total. The van der Waals surface area contributed by atoms with Gasteiger partial charge in [0.15, 0.2) is 0 Å². The first-order valence-electron chi connectivity index (χ1n) is 4.34. The summed E-state index contributed by atoms with van der Waals surface area (Å²) < 4.78 is 0. The molecule has 76 valence electrons. The van der Waals surface area contributed by atoms with E-state index in [1.54, 1.807) is 6.07 Å². The number of halogens is 2. The monoisotopic (exact) mass is 229 g/mol. The van der Waals surface area contributed by atoms with E-state index >= 15 is 0 Å². The summed E-state index contributed by atoms with van der Waals surface area (Å²) >= 11 is 12.0. The average Bonchev–Trinajstić information content (AvgIpc) is 2.13. The highest BCUT2D eigenvalue weighted by atomic mass is 35.5. The van der Waals surface area contributed by atoms with Crippen molar-refractivity contribution in [3.63, 3.8) is 0 Å². The normalized spacial score (nSPS) is 12.6. The molecule has 1 aromatic carbocycles. The number of benzene rings is 1. The second kappa shape index (κ2) is 4.83. The highest BCUT2D eigenvalue weighted by Gasteiger charge is 2.14. The molecule has 1 unspecified atom stereocenters. The molecular weight excluding hydrogens is 217 g/mol. The second-order valence-electron chi connectivity index (χ2n) is 3.21. The van der Waals surface area contributed by atoms with E-state index in [4.69, 9.17) is 23.2 Å². The fraction of sp³-hybridized carbons (Fsp3) is 0.273. The van der Waals surface area contributed by atoms with Crippen LogP contribution in [0, 0.1) is 0 Å². The SMILES string of the molecule is C=C(C)C(NC)c1cccc(Cl)c1Cl. The molecule has 1 rings (SSSR count). The summed E-state index contributed by atoms with van der Waals surface area (Å²) in [7, 11) is 1.87. The average molecular weight is 230 g/mol. The molecule has 0 spiro atoms. The maximum absolute atomic E-state index is 6.10. The van der Waals surface area contributed by atoms with Gasteiger partial charge in [0.1, 0.15) is 0 Å². The third-order valence-corrected chi connectivity index (χ3v) is 2.91. The molecule has 0 saturated carbocycles. The number of hydrogen-bond acceptors (Lipinski definition) is 1. The van der Waals surface area contributed by atoms with Crippen LogP contribution in [-0.4, -0.2) is 7.05 Å². The smallest absolute Gasteiger partial charge is 0.0643 e. The summed E-state index contributed by atoms with van der Waals surface area (Å²) in [6.45, 7) is 5.87. The molecule has 3 heteroatoms. The summed E-state index contributed by atoms with van der Waals surface area (Å²) in [6, 6.07) is 5.67. The Bertz CT molecular complexity index is 347. The highest BCUT2D eigenvalue weighted by molar-refractivity contribution is 6.42. The van der Waals surface area contributed by atoms with Gasteiger partial charge < -0.3 is 5.32 Å². The third-order valence-electron chi connectivity index (χ3n) is 2.07. The van der Waals surface area contributed by atoms with E-state index < -0.39 is 0 Å². The van der Waals surface area contributed by atoms with E-state index in [0.717, 1.165) is 11.1 Å². The van der Waals surface area contributed by atoms with Crippen molar-refractivity contribution in [2.45, 2.75) is 13.0 Å². The van der Waals surface area contributed by atoms with Crippen molar-refractivity contribution in [3.05, 3.63) is 46.0 Å². The van der Waals surface area contributed by atoms with E-state index in [9.17, 15) is 0 Å². The highest BCUT2D eigenvalue weighted by Crippen LogP contribution is 2.32. The van der Waals surface area contributed by atoms with E-state index in [-0.39, 0.29) is 6.04 Å². The van der Waals surface area contributed by atoms with Crippen LogP contribution in [-0.2, 0) is 0 Å². The second-order valence-corrected chi connectivity index (χ2v) is 4.00. The summed E-state index contributed by atoms with van der Waals surface area (Å²) in [5.74, 6) is 0. The quantitative estimate of drug-likeness (QED) is 0.778. The van der Waals surface area contributed by atoms with Crippen molar-refractivity contribution >= 4 is 23.2 Å². The number of hydrogen-bond donors (Lipinski definition) is 1. The van der Waals surface area contributed by atoms with Crippen molar-refractivity contribution in [3.8, 4) is 0 Å². The van der Waals surface area contributed by atoms with Gasteiger partial charge in [-0.15, -0.1) is 0 Å². The van der Waals surface area contributed by atoms with Gasteiger partial charge in [-0.25, -0.2) is 0 Å². The Kier molecular flexibility index (Phi) is 3.99. The minimum atomic E-state index is 0.0567. The molecule has 0 fully saturated rings. The molecule has 0 aromatic heterocycles. The van der Waals surface area contributed by atoms with Gasteiger partial charge in [-0.3, -0.25) is 0 Å². The van der Waals surface area contributed by atoms with Gasteiger partial charge in [-0.2, -0.15) is 0 Å². The van der Waals surface area contributed by atoms with Crippen molar-refractivity contribution in [1.82, 2.24) is 5.32 Å². The van der Waals surface area contributed by atoms with Crippen molar-refractivity contribution in [1.29, 1.82) is 0 Å². The molecule has 14 heavy (non-hydrogen) atoms. The Labute approximate surface area is 94.7 Å². The van der Waals surface area contributed by atoms with Gasteiger partial charge in [0, 0.05) is 0 Å². The first-order chi connectivity index (χ1) is 6.57. The molecule has 0 bridgehead atoms. The van der Waals surface area contributed by atoms with Gasteiger partial charge in [0.2, 0.25) is 0 Å². The molecular formula is C11H13Cl2N. The first kappa shape index (κ1) is 11.6. The van der Waals surface area contributed by atoms with Crippen LogP contribution in [0.1, 0.15) is 18.5 Å². The number of nitrogens with one attached hydrogen (secondary N) is 1. The minimum absolute atomic E-state index is 0.0567. The molecule has 0 aliphatic carbocycles. The summed E-state index contributed by atoms with van der Waals surface area (Å²) in [4.78, 5) is 0. The lowest BCUT2D eigenvalue weighted by molar-refractivity contribution is 0.680. The van der Waals surface area contributed by atoms with E-state index in [0.29, 0.717) is 10.0 Å². The molecule has 0 aliphatic heterocycles. The van der Waals surface area contributed by atoms with Gasteiger partial charge in [0.05, 0.1) is 16.1 Å². The lowest BCUT2D eigenvalue weighted by Crippen LogP contribution is -2.17. The fourth-order valence-electron chi connectivity index (χ4n) is 1.41. The molecule has 1 aromatic rings. The lowest BCUT2D eigenvalue weighted by atomic mass is 10.0. The Morgan fingerprint density at radius 2 is 2.07 bits per heavy atom. The van der Waals surface area contributed by atoms with Crippen LogP contribution in [0.15, 0.2) is 30.4 Å². The van der Waals surface area contributed by atoms with Crippen molar-refractivity contribution < 1.29 is 0 Å². The molecule has 0 radical (unpaired) electrons. The third kappa shape index (κ3) is 2.30. The topological polar surface area (TPSA) is 12.0 Å². The molecule has 1 nitrogen and oxygen atoms in total. The van der Waals surface area contributed by atoms with Crippen LogP contribution in [0.2, 0.25) is 10.0 Å². The maximum atomic E-state index is 6.10. The van der Waals surface area contributed by atoms with Crippen LogP contribution in [0.4, 0.5) is 0 Å². The van der Waals surface area contributed by atoms with Gasteiger partial charge in [-0.05, 0) is 25.6 Å². The molecule has 1 atom stereocenters. The number of rotatable bonds is 3. The van der Waals surface area contributed by atoms with Crippen LogP contribution in [0.3, 0.4) is 0 Å². The zero-order valence-electron chi connectivity index (χ0n) is 8.27. The van der Waals surface area contributed by atoms with Crippen LogP contribution in [0.25, 0.3) is 0 Å². The summed E-state index contributed by atoms with van der Waals surface area (Å²) in [5, 5.41) is 4.31. The number of likely N-dealkylation sites (N-methyl/N-ethyl adjacent to an activating group) is 1. The molecule has 0 saturated heterocycles. The Morgan fingerprint density at radius 1 is 1.43 bits per heavy atom. The lowest BCUT2D eigenvalue weighted by Gasteiger charge is -2.18. The standard InChI is InChI=1S/C11H13Cl2N/c1-7(2)11(14-3)8-5-4-6-9(12)10(8)13/h4-6,11,14H,1H2,2-3H3. The molecule has 0 heterocycles. The zero-order chi connectivity index (χ0) is 10.7. The van der Waals surface area contributed by atoms with Crippen molar-refractivity contribution in [2.75, 3.05) is 7.05 Å². The van der Waals surface area contributed by atoms with Crippen molar-refractivity contribution in [2.24, 2.45) is 0 Å². The Balaban J connectivity index is 3.16. The van der Waals surface area contributed by atoms with Gasteiger partial charge in [0.25, 0.3) is 0 Å². The largest absolute Gasteiger partial charge is 0.310 e. The van der Waals surface area contributed by atoms with Crippen LogP contribution < -0.4 is 5.32 Å². The van der Waals surface area contributed by atoms with Crippen LogP contribution >= 0.6 is 23.2 Å².